The van der Waals surface area contributed by atoms with Gasteiger partial charge in [-0.15, -0.1) is 23.1 Å². The van der Waals surface area contributed by atoms with Crippen LogP contribution in [0, 0.1) is 5.92 Å². The second-order valence-corrected chi connectivity index (χ2v) is 8.89. The van der Waals surface area contributed by atoms with E-state index >= 15 is 0 Å². The van der Waals surface area contributed by atoms with E-state index in [4.69, 9.17) is 0 Å². The van der Waals surface area contributed by atoms with Crippen LogP contribution in [0.2, 0.25) is 0 Å². The van der Waals surface area contributed by atoms with Crippen molar-refractivity contribution < 1.29 is 0 Å². The number of hydrogen-bond donors (Lipinski definition) is 0. The number of allylic oxidation sites excluding steroid dienone is 1. The maximum absolute atomic E-state index is 4.68. The number of benzene rings is 1. The van der Waals surface area contributed by atoms with Gasteiger partial charge in [-0.2, -0.15) is 0 Å². The molecule has 0 saturated heterocycles. The largest absolute Gasteiger partial charge is 0.317 e. The number of nitrogens with zero attached hydrogens (tertiary/aromatic N) is 2. The molecule has 2 aliphatic heterocycles. The van der Waals surface area contributed by atoms with Crippen LogP contribution >= 0.6 is 34.9 Å². The molecular formula is C17H16N2S3. The van der Waals surface area contributed by atoms with Gasteiger partial charge in [0.15, 0.2) is 5.17 Å². The molecule has 1 aromatic heterocycles. The molecule has 0 N–H and O–H groups in total. The lowest BCUT2D eigenvalue weighted by Gasteiger charge is -2.15. The fourth-order valence-electron chi connectivity index (χ4n) is 3.13. The highest BCUT2D eigenvalue weighted by Gasteiger charge is 2.40. The third kappa shape index (κ3) is 2.06. The molecule has 0 bridgehead atoms. The van der Waals surface area contributed by atoms with Gasteiger partial charge in [-0.3, -0.25) is 4.99 Å². The number of thiophene rings is 1. The highest BCUT2D eigenvalue weighted by Crippen LogP contribution is 2.53. The summed E-state index contributed by atoms with van der Waals surface area (Å²) in [6.07, 6.45) is 4.85. The van der Waals surface area contributed by atoms with Gasteiger partial charge in [0, 0.05) is 21.0 Å². The predicted molar refractivity (Wildman–Crippen MR) is 99.8 cm³/mol. The van der Waals surface area contributed by atoms with E-state index in [1.807, 2.05) is 34.9 Å². The monoisotopic (exact) mass is 344 g/mol. The summed E-state index contributed by atoms with van der Waals surface area (Å²) in [5.74, 6) is 0.792. The first-order valence-corrected chi connectivity index (χ1v) is 10.5. The Morgan fingerprint density at radius 2 is 2.18 bits per heavy atom. The second-order valence-electron chi connectivity index (χ2n) is 5.92. The molecule has 0 radical (unpaired) electrons. The molecule has 1 aliphatic carbocycles. The Balaban J connectivity index is 1.65. The Morgan fingerprint density at radius 3 is 3.00 bits per heavy atom. The summed E-state index contributed by atoms with van der Waals surface area (Å²) in [5.41, 5.74) is 1.47. The minimum absolute atomic E-state index is 0.792. The predicted octanol–water partition coefficient (Wildman–Crippen LogP) is 5.12. The second kappa shape index (κ2) is 5.05. The molecule has 22 heavy (non-hydrogen) atoms. The number of thioether (sulfide) groups is 2. The summed E-state index contributed by atoms with van der Waals surface area (Å²) >= 11 is 5.69. The van der Waals surface area contributed by atoms with Gasteiger partial charge in [-0.1, -0.05) is 17.8 Å². The quantitative estimate of drug-likeness (QED) is 0.719. The average Bonchev–Trinajstić information content (AvgIpc) is 2.98. The van der Waals surface area contributed by atoms with Crippen LogP contribution in [0.5, 0.6) is 0 Å². The van der Waals surface area contributed by atoms with Crippen molar-refractivity contribution in [2.45, 2.75) is 17.7 Å². The highest BCUT2D eigenvalue weighted by molar-refractivity contribution is 8.17. The molecule has 5 rings (SSSR count). The van der Waals surface area contributed by atoms with Crippen molar-refractivity contribution in [3.05, 3.63) is 34.0 Å². The molecule has 0 spiro atoms. The first kappa shape index (κ1) is 13.5. The molecule has 1 saturated carbocycles. The van der Waals surface area contributed by atoms with Crippen molar-refractivity contribution in [2.24, 2.45) is 10.9 Å². The summed E-state index contributed by atoms with van der Waals surface area (Å²) in [4.78, 5) is 11.5. The number of aliphatic imine (C=N–C) groups is 1. The maximum atomic E-state index is 4.68. The molecule has 3 aliphatic rings. The van der Waals surface area contributed by atoms with E-state index in [0.717, 1.165) is 19.0 Å². The molecule has 1 fully saturated rings. The molecule has 0 amide bonds. The molecule has 112 valence electrons. The first-order valence-electron chi connectivity index (χ1n) is 7.65. The Hall–Kier alpha value is -0.910. The Kier molecular flexibility index (Phi) is 3.10. The minimum atomic E-state index is 0.792. The molecule has 1 aromatic carbocycles. The van der Waals surface area contributed by atoms with Crippen molar-refractivity contribution in [3.63, 3.8) is 0 Å². The van der Waals surface area contributed by atoms with Crippen LogP contribution in [0.25, 0.3) is 15.8 Å². The van der Waals surface area contributed by atoms with Crippen LogP contribution in [-0.4, -0.2) is 29.4 Å². The van der Waals surface area contributed by atoms with Crippen LogP contribution in [0.4, 0.5) is 0 Å². The standard InChI is InChI=1S/C17H16N2S3/c1-20-12-5-4-11-8-14(21-13(11)9-12)15-16(10-2-3-10)22-17-18-6-7-19(15)17/h4-5,8-10H,2-3,6-7H2,1H3. The van der Waals surface area contributed by atoms with E-state index in [1.54, 1.807) is 4.91 Å². The topological polar surface area (TPSA) is 15.6 Å². The first-order chi connectivity index (χ1) is 10.8. The van der Waals surface area contributed by atoms with E-state index in [-0.39, 0.29) is 0 Å². The van der Waals surface area contributed by atoms with Crippen LogP contribution < -0.4 is 0 Å². The van der Waals surface area contributed by atoms with Crippen LogP contribution in [0.15, 0.2) is 39.1 Å². The zero-order chi connectivity index (χ0) is 14.7. The Bertz CT molecular complexity index is 830. The number of hydrogen-bond acceptors (Lipinski definition) is 5. The lowest BCUT2D eigenvalue weighted by atomic mass is 10.2. The van der Waals surface area contributed by atoms with Crippen LogP contribution in [0.1, 0.15) is 17.7 Å². The number of fused-ring (bicyclic) bond motifs is 2. The van der Waals surface area contributed by atoms with Gasteiger partial charge in [0.2, 0.25) is 0 Å². The summed E-state index contributed by atoms with van der Waals surface area (Å²) < 4.78 is 1.40. The molecule has 5 heteroatoms. The molecular weight excluding hydrogens is 328 g/mol. The molecule has 2 nitrogen and oxygen atoms in total. The molecule has 0 atom stereocenters. The third-order valence-electron chi connectivity index (χ3n) is 4.41. The molecule has 0 unspecified atom stereocenters. The SMILES string of the molecule is CSc1ccc2cc(C3=C(C4CC4)SC4=NCCN43)sc2c1. The van der Waals surface area contributed by atoms with Gasteiger partial charge in [0.05, 0.1) is 17.1 Å². The molecule has 2 aromatic rings. The zero-order valence-corrected chi connectivity index (χ0v) is 14.8. The Labute approximate surface area is 142 Å². The van der Waals surface area contributed by atoms with Gasteiger partial charge < -0.3 is 4.90 Å². The van der Waals surface area contributed by atoms with Crippen LogP contribution in [0.3, 0.4) is 0 Å². The van der Waals surface area contributed by atoms with E-state index in [2.05, 4.69) is 40.4 Å². The van der Waals surface area contributed by atoms with Crippen molar-refractivity contribution in [2.75, 3.05) is 19.3 Å². The van der Waals surface area contributed by atoms with E-state index in [1.165, 1.54) is 43.6 Å². The van der Waals surface area contributed by atoms with E-state index in [9.17, 15) is 0 Å². The zero-order valence-electron chi connectivity index (χ0n) is 12.3. The van der Waals surface area contributed by atoms with Gasteiger partial charge in [0.25, 0.3) is 0 Å². The highest BCUT2D eigenvalue weighted by atomic mass is 32.2. The van der Waals surface area contributed by atoms with E-state index in [0.29, 0.717) is 0 Å². The fourth-order valence-corrected chi connectivity index (χ4v) is 6.25. The lowest BCUT2D eigenvalue weighted by molar-refractivity contribution is 0.647. The third-order valence-corrected chi connectivity index (χ3v) is 7.52. The van der Waals surface area contributed by atoms with Crippen molar-refractivity contribution in [1.29, 1.82) is 0 Å². The number of amidine groups is 1. The summed E-state index contributed by atoms with van der Waals surface area (Å²) in [5, 5.41) is 2.61. The van der Waals surface area contributed by atoms with Gasteiger partial charge >= 0.3 is 0 Å². The maximum Gasteiger partial charge on any atom is 0.168 e. The van der Waals surface area contributed by atoms with Crippen molar-refractivity contribution in [1.82, 2.24) is 4.90 Å². The van der Waals surface area contributed by atoms with E-state index < -0.39 is 0 Å². The Morgan fingerprint density at radius 1 is 1.27 bits per heavy atom. The summed E-state index contributed by atoms with van der Waals surface area (Å²) in [6.45, 7) is 2.00. The van der Waals surface area contributed by atoms with Crippen LogP contribution in [-0.2, 0) is 0 Å². The average molecular weight is 345 g/mol. The van der Waals surface area contributed by atoms with Gasteiger partial charge in [0.1, 0.15) is 0 Å². The van der Waals surface area contributed by atoms with Crippen molar-refractivity contribution >= 4 is 55.8 Å². The van der Waals surface area contributed by atoms with Gasteiger partial charge in [-0.25, -0.2) is 0 Å². The smallest absolute Gasteiger partial charge is 0.168 e. The minimum Gasteiger partial charge on any atom is -0.317 e. The summed E-state index contributed by atoms with van der Waals surface area (Å²) in [6, 6.07) is 9.20. The number of rotatable bonds is 3. The summed E-state index contributed by atoms with van der Waals surface area (Å²) in [7, 11) is 0. The molecule has 3 heterocycles. The van der Waals surface area contributed by atoms with Gasteiger partial charge in [-0.05, 0) is 48.6 Å². The lowest BCUT2D eigenvalue weighted by Crippen LogP contribution is -2.19. The fraction of sp³-hybridized carbons (Fsp3) is 0.353. The normalized spacial score (nSPS) is 21.0. The van der Waals surface area contributed by atoms with Crippen molar-refractivity contribution in [3.8, 4) is 0 Å².